The lowest BCUT2D eigenvalue weighted by Gasteiger charge is -2.35. The summed E-state index contributed by atoms with van der Waals surface area (Å²) in [7, 11) is 0. The van der Waals surface area contributed by atoms with E-state index in [1.165, 1.54) is 51.5 Å². The second-order valence-corrected chi connectivity index (χ2v) is 7.05. The van der Waals surface area contributed by atoms with Gasteiger partial charge in [0.05, 0.1) is 0 Å². The molecule has 0 aromatic carbocycles. The predicted octanol–water partition coefficient (Wildman–Crippen LogP) is 4.23. The van der Waals surface area contributed by atoms with Crippen molar-refractivity contribution in [1.29, 1.82) is 0 Å². The van der Waals surface area contributed by atoms with Crippen molar-refractivity contribution in [2.45, 2.75) is 71.8 Å². The monoisotopic (exact) mass is 237 g/mol. The maximum atomic E-state index is 3.88. The van der Waals surface area contributed by atoms with Crippen molar-refractivity contribution in [3.63, 3.8) is 0 Å². The quantitative estimate of drug-likeness (QED) is 0.774. The first-order chi connectivity index (χ1) is 8.15. The van der Waals surface area contributed by atoms with E-state index in [1.54, 1.807) is 0 Å². The van der Waals surface area contributed by atoms with Gasteiger partial charge in [0, 0.05) is 6.04 Å². The van der Waals surface area contributed by atoms with Gasteiger partial charge < -0.3 is 5.32 Å². The highest BCUT2D eigenvalue weighted by molar-refractivity contribution is 4.82. The molecule has 0 spiro atoms. The normalized spacial score (nSPS) is 43.6. The standard InChI is InChI=1S/C16H31N/c1-12-5-4-6-15(10-12)11-17-16-8-7-13(2)9-14(16)3/h12-17H,4-11H2,1-3H3. The average Bonchev–Trinajstić information content (AvgIpc) is 2.28. The topological polar surface area (TPSA) is 12.0 Å². The Bertz CT molecular complexity index is 226. The molecule has 2 fully saturated rings. The van der Waals surface area contributed by atoms with E-state index in [4.69, 9.17) is 0 Å². The second-order valence-electron chi connectivity index (χ2n) is 7.05. The molecule has 2 aliphatic rings. The molecule has 2 saturated carbocycles. The summed E-state index contributed by atoms with van der Waals surface area (Å²) in [6.45, 7) is 8.57. The van der Waals surface area contributed by atoms with Gasteiger partial charge in [-0.3, -0.25) is 0 Å². The van der Waals surface area contributed by atoms with Gasteiger partial charge in [-0.1, -0.05) is 33.6 Å². The van der Waals surface area contributed by atoms with Crippen LogP contribution in [0.5, 0.6) is 0 Å². The fourth-order valence-corrected chi connectivity index (χ4v) is 4.03. The third-order valence-corrected chi connectivity index (χ3v) is 5.15. The Kier molecular flexibility index (Phi) is 4.90. The zero-order chi connectivity index (χ0) is 12.3. The molecule has 0 heterocycles. The Labute approximate surface area is 108 Å². The van der Waals surface area contributed by atoms with Gasteiger partial charge in [0.1, 0.15) is 0 Å². The number of rotatable bonds is 3. The summed E-state index contributed by atoms with van der Waals surface area (Å²) in [6.07, 6.45) is 10.1. The maximum absolute atomic E-state index is 3.88. The van der Waals surface area contributed by atoms with Crippen LogP contribution < -0.4 is 5.32 Å². The van der Waals surface area contributed by atoms with E-state index in [9.17, 15) is 0 Å². The highest BCUT2D eigenvalue weighted by Crippen LogP contribution is 2.31. The smallest absolute Gasteiger partial charge is 0.00930 e. The zero-order valence-corrected chi connectivity index (χ0v) is 12.0. The van der Waals surface area contributed by atoms with Gasteiger partial charge in [0.15, 0.2) is 0 Å². The Morgan fingerprint density at radius 2 is 1.65 bits per heavy atom. The van der Waals surface area contributed by atoms with Gasteiger partial charge in [-0.05, 0) is 62.3 Å². The van der Waals surface area contributed by atoms with Crippen LogP contribution >= 0.6 is 0 Å². The summed E-state index contributed by atoms with van der Waals surface area (Å²) in [6, 6.07) is 0.809. The Morgan fingerprint density at radius 1 is 0.882 bits per heavy atom. The summed E-state index contributed by atoms with van der Waals surface area (Å²) in [5.74, 6) is 3.78. The van der Waals surface area contributed by atoms with Crippen molar-refractivity contribution < 1.29 is 0 Å². The van der Waals surface area contributed by atoms with Gasteiger partial charge >= 0.3 is 0 Å². The van der Waals surface area contributed by atoms with E-state index in [2.05, 4.69) is 26.1 Å². The molecule has 2 aliphatic carbocycles. The number of hydrogen-bond acceptors (Lipinski definition) is 1. The van der Waals surface area contributed by atoms with Crippen molar-refractivity contribution >= 4 is 0 Å². The first-order valence-electron chi connectivity index (χ1n) is 7.88. The van der Waals surface area contributed by atoms with Crippen molar-refractivity contribution in [3.05, 3.63) is 0 Å². The molecule has 1 nitrogen and oxygen atoms in total. The van der Waals surface area contributed by atoms with Crippen LogP contribution in [0.15, 0.2) is 0 Å². The molecule has 2 rings (SSSR count). The summed E-state index contributed by atoms with van der Waals surface area (Å²) in [4.78, 5) is 0. The number of nitrogens with one attached hydrogen (secondary N) is 1. The SMILES string of the molecule is CC1CCCC(CNC2CCC(C)CC2C)C1. The molecule has 100 valence electrons. The molecule has 5 unspecified atom stereocenters. The average molecular weight is 237 g/mol. The molecule has 1 N–H and O–H groups in total. The van der Waals surface area contributed by atoms with E-state index >= 15 is 0 Å². The van der Waals surface area contributed by atoms with Crippen LogP contribution in [0.2, 0.25) is 0 Å². The van der Waals surface area contributed by atoms with Crippen LogP contribution in [-0.4, -0.2) is 12.6 Å². The maximum Gasteiger partial charge on any atom is 0.00930 e. The van der Waals surface area contributed by atoms with E-state index in [-0.39, 0.29) is 0 Å². The van der Waals surface area contributed by atoms with Crippen molar-refractivity contribution in [3.8, 4) is 0 Å². The molecule has 0 aromatic heterocycles. The van der Waals surface area contributed by atoms with Gasteiger partial charge in [0.2, 0.25) is 0 Å². The number of hydrogen-bond donors (Lipinski definition) is 1. The molecule has 17 heavy (non-hydrogen) atoms. The Hall–Kier alpha value is -0.0400. The van der Waals surface area contributed by atoms with Crippen LogP contribution in [0.1, 0.15) is 65.7 Å². The molecule has 1 heteroatoms. The summed E-state index contributed by atoms with van der Waals surface area (Å²) in [5, 5.41) is 3.88. The van der Waals surface area contributed by atoms with Gasteiger partial charge in [-0.2, -0.15) is 0 Å². The lowest BCUT2D eigenvalue weighted by atomic mass is 9.79. The van der Waals surface area contributed by atoms with E-state index in [0.29, 0.717) is 0 Å². The molecule has 0 aliphatic heterocycles. The minimum atomic E-state index is 0.809. The molecule has 0 radical (unpaired) electrons. The molecule has 5 atom stereocenters. The molecular weight excluding hydrogens is 206 g/mol. The third-order valence-electron chi connectivity index (χ3n) is 5.15. The Morgan fingerprint density at radius 3 is 2.35 bits per heavy atom. The van der Waals surface area contributed by atoms with Crippen LogP contribution in [0.4, 0.5) is 0 Å². The van der Waals surface area contributed by atoms with E-state index in [0.717, 1.165) is 29.7 Å². The second kappa shape index (κ2) is 6.22. The van der Waals surface area contributed by atoms with Crippen LogP contribution in [0.25, 0.3) is 0 Å². The molecular formula is C16H31N. The largest absolute Gasteiger partial charge is 0.313 e. The van der Waals surface area contributed by atoms with Crippen molar-refractivity contribution in [2.75, 3.05) is 6.54 Å². The van der Waals surface area contributed by atoms with Crippen molar-refractivity contribution in [1.82, 2.24) is 5.32 Å². The van der Waals surface area contributed by atoms with Gasteiger partial charge in [-0.15, -0.1) is 0 Å². The summed E-state index contributed by atoms with van der Waals surface area (Å²) >= 11 is 0. The van der Waals surface area contributed by atoms with E-state index in [1.807, 2.05) is 0 Å². The Balaban J connectivity index is 1.70. The molecule has 0 aromatic rings. The highest BCUT2D eigenvalue weighted by Gasteiger charge is 2.26. The molecule has 0 saturated heterocycles. The fourth-order valence-electron chi connectivity index (χ4n) is 4.03. The zero-order valence-electron chi connectivity index (χ0n) is 12.0. The van der Waals surface area contributed by atoms with Gasteiger partial charge in [-0.25, -0.2) is 0 Å². The first-order valence-corrected chi connectivity index (χ1v) is 7.88. The van der Waals surface area contributed by atoms with Crippen molar-refractivity contribution in [2.24, 2.45) is 23.7 Å². The van der Waals surface area contributed by atoms with Crippen LogP contribution in [-0.2, 0) is 0 Å². The van der Waals surface area contributed by atoms with Gasteiger partial charge in [0.25, 0.3) is 0 Å². The third kappa shape index (κ3) is 3.98. The highest BCUT2D eigenvalue weighted by atomic mass is 14.9. The lowest BCUT2D eigenvalue weighted by molar-refractivity contribution is 0.203. The minimum Gasteiger partial charge on any atom is -0.313 e. The summed E-state index contributed by atoms with van der Waals surface area (Å²) < 4.78 is 0. The predicted molar refractivity (Wildman–Crippen MR) is 75.1 cm³/mol. The van der Waals surface area contributed by atoms with E-state index < -0.39 is 0 Å². The lowest BCUT2D eigenvalue weighted by Crippen LogP contribution is -2.41. The van der Waals surface area contributed by atoms with Crippen LogP contribution in [0.3, 0.4) is 0 Å². The first kappa shape index (κ1) is 13.4. The summed E-state index contributed by atoms with van der Waals surface area (Å²) in [5.41, 5.74) is 0. The molecule has 0 bridgehead atoms. The minimum absolute atomic E-state index is 0.809. The fraction of sp³-hybridized carbons (Fsp3) is 1.00. The molecule has 0 amide bonds. The van der Waals surface area contributed by atoms with Crippen LogP contribution in [0, 0.1) is 23.7 Å².